The second-order valence-corrected chi connectivity index (χ2v) is 5.30. The number of nitrogens with one attached hydrogen (secondary N) is 1. The van der Waals surface area contributed by atoms with Crippen LogP contribution in [0.15, 0.2) is 53.5 Å². The highest BCUT2D eigenvalue weighted by Gasteiger charge is 2.21. The first-order chi connectivity index (χ1) is 9.08. The van der Waals surface area contributed by atoms with Crippen molar-refractivity contribution < 1.29 is 4.74 Å². The minimum absolute atomic E-state index is 0.0753. The van der Waals surface area contributed by atoms with E-state index in [-0.39, 0.29) is 11.0 Å². The monoisotopic (exact) mass is 257 g/mol. The molecule has 0 spiro atoms. The molecule has 3 heteroatoms. The van der Waals surface area contributed by atoms with Crippen molar-refractivity contribution in [1.82, 2.24) is 4.98 Å². The Kier molecular flexibility index (Phi) is 4.17. The maximum absolute atomic E-state index is 11.3. The minimum Gasteiger partial charge on any atom is -0.376 e. The summed E-state index contributed by atoms with van der Waals surface area (Å²) in [6.07, 6.45) is 1.68. The Labute approximate surface area is 113 Å². The molecule has 0 aliphatic rings. The third-order valence-corrected chi connectivity index (χ3v) is 3.13. The van der Waals surface area contributed by atoms with Crippen LogP contribution in [0, 0.1) is 0 Å². The van der Waals surface area contributed by atoms with Gasteiger partial charge in [-0.25, -0.2) is 0 Å². The molecule has 2 aromatic rings. The lowest BCUT2D eigenvalue weighted by Crippen LogP contribution is -2.26. The van der Waals surface area contributed by atoms with Crippen LogP contribution < -0.4 is 5.56 Å². The normalized spacial score (nSPS) is 11.5. The second-order valence-electron chi connectivity index (χ2n) is 5.30. The molecule has 100 valence electrons. The van der Waals surface area contributed by atoms with Gasteiger partial charge in [-0.2, -0.15) is 0 Å². The van der Waals surface area contributed by atoms with E-state index in [9.17, 15) is 4.79 Å². The lowest BCUT2D eigenvalue weighted by Gasteiger charge is -2.24. The topological polar surface area (TPSA) is 42.1 Å². The fraction of sp³-hybridized carbons (Fsp3) is 0.312. The molecule has 0 aliphatic carbocycles. The van der Waals surface area contributed by atoms with Gasteiger partial charge < -0.3 is 9.72 Å². The largest absolute Gasteiger partial charge is 0.376 e. The molecule has 0 saturated carbocycles. The number of rotatable bonds is 5. The average molecular weight is 257 g/mol. The van der Waals surface area contributed by atoms with Gasteiger partial charge in [0.15, 0.2) is 0 Å². The molecule has 0 amide bonds. The molecule has 1 heterocycles. The Balaban J connectivity index is 1.96. The van der Waals surface area contributed by atoms with E-state index in [1.807, 2.05) is 36.4 Å². The third kappa shape index (κ3) is 3.80. The molecular weight excluding hydrogens is 238 g/mol. The van der Waals surface area contributed by atoms with Gasteiger partial charge in [-0.05, 0) is 17.2 Å². The van der Waals surface area contributed by atoms with Crippen LogP contribution in [-0.2, 0) is 16.8 Å². The molecule has 0 aliphatic heterocycles. The summed E-state index contributed by atoms with van der Waals surface area (Å²) in [5.41, 5.74) is 1.89. The Hall–Kier alpha value is -1.87. The number of pyridine rings is 1. The zero-order valence-corrected chi connectivity index (χ0v) is 11.3. The molecule has 2 rings (SSSR count). The molecule has 19 heavy (non-hydrogen) atoms. The van der Waals surface area contributed by atoms with E-state index in [0.717, 1.165) is 11.1 Å². The number of hydrogen-bond acceptors (Lipinski definition) is 2. The lowest BCUT2D eigenvalue weighted by molar-refractivity contribution is 0.0824. The number of benzene rings is 1. The maximum atomic E-state index is 11.3. The first kappa shape index (κ1) is 13.6. The number of aromatic amines is 1. The highest BCUT2D eigenvalue weighted by Crippen LogP contribution is 2.22. The van der Waals surface area contributed by atoms with Gasteiger partial charge in [0, 0.05) is 17.7 Å². The minimum atomic E-state index is -0.178. The fourth-order valence-corrected chi connectivity index (χ4v) is 1.95. The van der Waals surface area contributed by atoms with Crippen LogP contribution in [-0.4, -0.2) is 11.6 Å². The highest BCUT2D eigenvalue weighted by molar-refractivity contribution is 5.20. The van der Waals surface area contributed by atoms with E-state index in [1.165, 1.54) is 0 Å². The van der Waals surface area contributed by atoms with Crippen molar-refractivity contribution in [2.45, 2.75) is 25.9 Å². The van der Waals surface area contributed by atoms with E-state index in [4.69, 9.17) is 4.74 Å². The van der Waals surface area contributed by atoms with Crippen LogP contribution in [0.3, 0.4) is 0 Å². The van der Waals surface area contributed by atoms with Crippen molar-refractivity contribution in [3.8, 4) is 0 Å². The highest BCUT2D eigenvalue weighted by atomic mass is 16.5. The van der Waals surface area contributed by atoms with E-state index in [1.54, 1.807) is 12.3 Å². The molecule has 0 atom stereocenters. The van der Waals surface area contributed by atoms with Crippen LogP contribution in [0.1, 0.15) is 25.0 Å². The smallest absolute Gasteiger partial charge is 0.248 e. The maximum Gasteiger partial charge on any atom is 0.248 e. The molecule has 1 aromatic carbocycles. The van der Waals surface area contributed by atoms with Crippen molar-refractivity contribution in [2.24, 2.45) is 0 Å². The van der Waals surface area contributed by atoms with Crippen LogP contribution >= 0.6 is 0 Å². The molecule has 1 aromatic heterocycles. The van der Waals surface area contributed by atoms with Crippen LogP contribution in [0.4, 0.5) is 0 Å². The van der Waals surface area contributed by atoms with Gasteiger partial charge in [0.05, 0.1) is 13.2 Å². The van der Waals surface area contributed by atoms with Crippen LogP contribution in [0.2, 0.25) is 0 Å². The zero-order chi connectivity index (χ0) is 13.7. The molecule has 1 N–H and O–H groups in total. The first-order valence-electron chi connectivity index (χ1n) is 6.39. The number of ether oxygens (including phenoxy) is 1. The SMILES string of the molecule is CC(C)(COCc1ccccc1)c1cc[nH]c(=O)c1. The molecule has 0 saturated heterocycles. The van der Waals surface area contributed by atoms with Gasteiger partial charge in [0.1, 0.15) is 0 Å². The Bertz CT molecular complexity index is 573. The molecule has 0 bridgehead atoms. The van der Waals surface area contributed by atoms with Crippen molar-refractivity contribution in [1.29, 1.82) is 0 Å². The van der Waals surface area contributed by atoms with E-state index in [0.29, 0.717) is 13.2 Å². The van der Waals surface area contributed by atoms with Gasteiger partial charge in [-0.15, -0.1) is 0 Å². The summed E-state index contributed by atoms with van der Waals surface area (Å²) in [7, 11) is 0. The van der Waals surface area contributed by atoms with Crippen molar-refractivity contribution in [2.75, 3.05) is 6.61 Å². The van der Waals surface area contributed by atoms with Gasteiger partial charge in [0.2, 0.25) is 5.56 Å². The second kappa shape index (κ2) is 5.85. The first-order valence-corrected chi connectivity index (χ1v) is 6.39. The van der Waals surface area contributed by atoms with Crippen LogP contribution in [0.5, 0.6) is 0 Å². The van der Waals surface area contributed by atoms with Crippen molar-refractivity contribution in [3.63, 3.8) is 0 Å². The summed E-state index contributed by atoms with van der Waals surface area (Å²) in [5, 5.41) is 0. The van der Waals surface area contributed by atoms with Crippen molar-refractivity contribution in [3.05, 3.63) is 70.1 Å². The molecule has 0 unspecified atom stereocenters. The third-order valence-electron chi connectivity index (χ3n) is 3.13. The Morgan fingerprint density at radius 3 is 2.58 bits per heavy atom. The quantitative estimate of drug-likeness (QED) is 0.895. The standard InChI is InChI=1S/C16H19NO2/c1-16(2,14-8-9-17-15(18)10-14)12-19-11-13-6-4-3-5-7-13/h3-10H,11-12H2,1-2H3,(H,17,18). The molecule has 0 radical (unpaired) electrons. The van der Waals surface area contributed by atoms with Gasteiger partial charge in [-0.1, -0.05) is 44.2 Å². The predicted octanol–water partition coefficient (Wildman–Crippen LogP) is 2.87. The molecule has 0 fully saturated rings. The Morgan fingerprint density at radius 2 is 1.89 bits per heavy atom. The molecular formula is C16H19NO2. The van der Waals surface area contributed by atoms with Gasteiger partial charge in [0.25, 0.3) is 0 Å². The fourth-order valence-electron chi connectivity index (χ4n) is 1.95. The number of H-pyrrole nitrogens is 1. The summed E-state index contributed by atoms with van der Waals surface area (Å²) in [6.45, 7) is 5.32. The summed E-state index contributed by atoms with van der Waals surface area (Å²) in [5.74, 6) is 0. The lowest BCUT2D eigenvalue weighted by atomic mass is 9.86. The summed E-state index contributed by atoms with van der Waals surface area (Å²) < 4.78 is 5.77. The summed E-state index contributed by atoms with van der Waals surface area (Å²) in [6, 6.07) is 13.6. The summed E-state index contributed by atoms with van der Waals surface area (Å²) in [4.78, 5) is 14.0. The number of hydrogen-bond donors (Lipinski definition) is 1. The molecule has 3 nitrogen and oxygen atoms in total. The van der Waals surface area contributed by atoms with E-state index >= 15 is 0 Å². The predicted molar refractivity (Wildman–Crippen MR) is 76.2 cm³/mol. The van der Waals surface area contributed by atoms with Gasteiger partial charge >= 0.3 is 0 Å². The average Bonchev–Trinajstić information content (AvgIpc) is 2.40. The van der Waals surface area contributed by atoms with E-state index in [2.05, 4.69) is 18.8 Å². The zero-order valence-electron chi connectivity index (χ0n) is 11.3. The van der Waals surface area contributed by atoms with Crippen LogP contribution in [0.25, 0.3) is 0 Å². The number of aromatic nitrogens is 1. The van der Waals surface area contributed by atoms with Crippen molar-refractivity contribution >= 4 is 0 Å². The van der Waals surface area contributed by atoms with Gasteiger partial charge in [-0.3, -0.25) is 4.79 Å². The Morgan fingerprint density at radius 1 is 1.16 bits per heavy atom. The van der Waals surface area contributed by atoms with E-state index < -0.39 is 0 Å². The summed E-state index contributed by atoms with van der Waals surface area (Å²) >= 11 is 0.